The molecule has 1 aliphatic heterocycles. The van der Waals surface area contributed by atoms with Crippen molar-refractivity contribution >= 4 is 11.5 Å². The zero-order valence-corrected chi connectivity index (χ0v) is 10.7. The molecule has 2 aromatic heterocycles. The van der Waals surface area contributed by atoms with Gasteiger partial charge in [0.25, 0.3) is 0 Å². The van der Waals surface area contributed by atoms with Gasteiger partial charge >= 0.3 is 0 Å². The first-order valence-corrected chi connectivity index (χ1v) is 6.85. The van der Waals surface area contributed by atoms with Crippen LogP contribution >= 0.6 is 0 Å². The molecular formula is C12H17N7. The number of anilines is 1. The topological polar surface area (TPSA) is 85.2 Å². The lowest BCUT2D eigenvalue weighted by Gasteiger charge is -2.27. The highest BCUT2D eigenvalue weighted by Crippen LogP contribution is 2.37. The van der Waals surface area contributed by atoms with Gasteiger partial charge in [0.15, 0.2) is 11.5 Å². The van der Waals surface area contributed by atoms with Gasteiger partial charge in [0.1, 0.15) is 0 Å². The van der Waals surface area contributed by atoms with Gasteiger partial charge in [0, 0.05) is 19.1 Å². The summed E-state index contributed by atoms with van der Waals surface area (Å²) in [6.07, 6.45) is 3.55. The Morgan fingerprint density at radius 1 is 1.16 bits per heavy atom. The number of nitrogens with zero attached hydrogens (tertiary/aromatic N) is 6. The highest BCUT2D eigenvalue weighted by Gasteiger charge is 2.37. The fraction of sp³-hybridized carbons (Fsp3) is 0.667. The largest absolute Gasteiger partial charge is 0.355 e. The van der Waals surface area contributed by atoms with E-state index in [9.17, 15) is 0 Å². The van der Waals surface area contributed by atoms with E-state index in [1.54, 1.807) is 0 Å². The summed E-state index contributed by atoms with van der Waals surface area (Å²) < 4.78 is 1.49. The van der Waals surface area contributed by atoms with Crippen molar-refractivity contribution in [2.75, 3.05) is 18.0 Å². The molecule has 2 N–H and O–H groups in total. The molecule has 0 aromatic carbocycles. The number of aromatic nitrogens is 5. The van der Waals surface area contributed by atoms with Gasteiger partial charge in [-0.25, -0.2) is 0 Å². The van der Waals surface area contributed by atoms with Crippen molar-refractivity contribution in [1.82, 2.24) is 25.3 Å². The first-order chi connectivity index (χ1) is 9.29. The second-order valence-electron chi connectivity index (χ2n) is 5.72. The van der Waals surface area contributed by atoms with E-state index in [0.717, 1.165) is 43.6 Å². The predicted molar refractivity (Wildman–Crippen MR) is 69.6 cm³/mol. The quantitative estimate of drug-likeness (QED) is 0.781. The Hall–Kier alpha value is -1.76. The number of fused-ring (bicyclic) bond motifs is 2. The van der Waals surface area contributed by atoms with E-state index < -0.39 is 0 Å². The van der Waals surface area contributed by atoms with Crippen LogP contribution in [0.5, 0.6) is 0 Å². The number of hydrogen-bond donors (Lipinski definition) is 1. The average molecular weight is 259 g/mol. The minimum Gasteiger partial charge on any atom is -0.355 e. The van der Waals surface area contributed by atoms with Crippen molar-refractivity contribution in [2.45, 2.75) is 25.3 Å². The maximum absolute atomic E-state index is 6.07. The molecule has 1 saturated heterocycles. The Bertz CT molecular complexity index is 595. The molecule has 7 nitrogen and oxygen atoms in total. The molecule has 0 radical (unpaired) electrons. The Balaban J connectivity index is 1.59. The smallest absolute Gasteiger partial charge is 0.200 e. The fourth-order valence-corrected chi connectivity index (χ4v) is 3.46. The third-order valence-corrected chi connectivity index (χ3v) is 4.47. The van der Waals surface area contributed by atoms with Crippen molar-refractivity contribution in [3.05, 3.63) is 12.1 Å². The third kappa shape index (κ3) is 1.85. The van der Waals surface area contributed by atoms with E-state index in [1.807, 2.05) is 12.1 Å². The molecule has 3 heterocycles. The maximum Gasteiger partial charge on any atom is 0.200 e. The van der Waals surface area contributed by atoms with E-state index in [0.29, 0.717) is 11.7 Å². The van der Waals surface area contributed by atoms with Crippen molar-refractivity contribution in [3.8, 4) is 0 Å². The van der Waals surface area contributed by atoms with E-state index in [1.165, 1.54) is 11.1 Å². The summed E-state index contributed by atoms with van der Waals surface area (Å²) in [5, 5.41) is 15.8. The summed E-state index contributed by atoms with van der Waals surface area (Å²) >= 11 is 0. The highest BCUT2D eigenvalue weighted by molar-refractivity contribution is 5.45. The summed E-state index contributed by atoms with van der Waals surface area (Å²) in [6.45, 7) is 2.14. The summed E-state index contributed by atoms with van der Waals surface area (Å²) in [7, 11) is 0. The van der Waals surface area contributed by atoms with Gasteiger partial charge in [0.2, 0.25) is 0 Å². The van der Waals surface area contributed by atoms with Crippen molar-refractivity contribution in [2.24, 2.45) is 17.6 Å². The molecule has 19 heavy (non-hydrogen) atoms. The van der Waals surface area contributed by atoms with Gasteiger partial charge in [-0.3, -0.25) is 0 Å². The summed E-state index contributed by atoms with van der Waals surface area (Å²) in [4.78, 5) is 2.34. The molecular weight excluding hydrogens is 242 g/mol. The molecule has 100 valence electrons. The fourth-order valence-electron chi connectivity index (χ4n) is 3.46. The van der Waals surface area contributed by atoms with Gasteiger partial charge in [-0.05, 0) is 53.7 Å². The van der Waals surface area contributed by atoms with Gasteiger partial charge in [-0.15, -0.1) is 14.8 Å². The lowest BCUT2D eigenvalue weighted by Crippen LogP contribution is -2.32. The van der Waals surface area contributed by atoms with Crippen molar-refractivity contribution < 1.29 is 0 Å². The lowest BCUT2D eigenvalue weighted by atomic mass is 9.79. The predicted octanol–water partition coefficient (Wildman–Crippen LogP) is 0.0829. The Kier molecular flexibility index (Phi) is 2.41. The summed E-state index contributed by atoms with van der Waals surface area (Å²) in [6, 6.07) is 4.30. The van der Waals surface area contributed by atoms with Gasteiger partial charge in [-0.2, -0.15) is 0 Å². The zero-order valence-electron chi connectivity index (χ0n) is 10.7. The van der Waals surface area contributed by atoms with Crippen LogP contribution in [0, 0.1) is 11.8 Å². The monoisotopic (exact) mass is 259 g/mol. The number of nitrogens with two attached hydrogens (primary N) is 1. The second kappa shape index (κ2) is 4.12. The first-order valence-electron chi connectivity index (χ1n) is 6.85. The molecule has 2 fully saturated rings. The summed E-state index contributed by atoms with van der Waals surface area (Å²) in [5.74, 6) is 2.45. The van der Waals surface area contributed by atoms with Gasteiger partial charge in [-0.1, -0.05) is 0 Å². The summed E-state index contributed by atoms with van der Waals surface area (Å²) in [5.41, 5.74) is 6.75. The van der Waals surface area contributed by atoms with Crippen LogP contribution in [0.4, 0.5) is 5.82 Å². The van der Waals surface area contributed by atoms with Crippen LogP contribution < -0.4 is 10.6 Å². The van der Waals surface area contributed by atoms with E-state index in [2.05, 4.69) is 25.5 Å². The van der Waals surface area contributed by atoms with Crippen molar-refractivity contribution in [1.29, 1.82) is 0 Å². The van der Waals surface area contributed by atoms with E-state index in [-0.39, 0.29) is 0 Å². The Morgan fingerprint density at radius 3 is 3.00 bits per heavy atom. The molecule has 7 heteroatoms. The minimum absolute atomic E-state index is 0.385. The second-order valence-corrected chi connectivity index (χ2v) is 5.72. The minimum atomic E-state index is 0.385. The van der Waals surface area contributed by atoms with E-state index in [4.69, 9.17) is 5.73 Å². The molecule has 1 aliphatic carbocycles. The normalized spacial score (nSPS) is 30.8. The molecule has 3 atom stereocenters. The molecule has 0 spiro atoms. The van der Waals surface area contributed by atoms with Crippen LogP contribution in [0.25, 0.3) is 5.65 Å². The molecule has 2 aliphatic rings. The first kappa shape index (κ1) is 11.1. The average Bonchev–Trinajstić information content (AvgIpc) is 3.02. The maximum atomic E-state index is 6.07. The highest BCUT2D eigenvalue weighted by atomic mass is 15.6. The van der Waals surface area contributed by atoms with Crippen molar-refractivity contribution in [3.63, 3.8) is 0 Å². The molecule has 2 aromatic rings. The van der Waals surface area contributed by atoms with Gasteiger partial charge < -0.3 is 10.6 Å². The van der Waals surface area contributed by atoms with Crippen LogP contribution in [-0.4, -0.2) is 44.4 Å². The number of tetrazole rings is 1. The molecule has 4 rings (SSSR count). The van der Waals surface area contributed by atoms with Crippen LogP contribution in [0.1, 0.15) is 19.3 Å². The van der Waals surface area contributed by atoms with E-state index >= 15 is 0 Å². The molecule has 1 unspecified atom stereocenters. The number of rotatable bonds is 1. The lowest BCUT2D eigenvalue weighted by molar-refractivity contribution is 0.271. The standard InChI is InChI=1S/C12H17N7/c13-10-2-1-8-6-18(7-9(8)5-10)12-4-3-11-14-16-17-19(11)15-12/h3-4,8-10H,1-2,5-7,13H2/t8-,9+,10?/m1/s1. The van der Waals surface area contributed by atoms with Gasteiger partial charge in [0.05, 0.1) is 0 Å². The SMILES string of the molecule is NC1CC[C@@H]2CN(c3ccc4nnnn4n3)C[C@@H]2C1. The molecule has 1 saturated carbocycles. The van der Waals surface area contributed by atoms with Crippen LogP contribution in [0.3, 0.4) is 0 Å². The Labute approximate surface area is 110 Å². The van der Waals surface area contributed by atoms with Crippen LogP contribution in [0.15, 0.2) is 12.1 Å². The molecule has 0 amide bonds. The number of hydrogen-bond acceptors (Lipinski definition) is 6. The molecule has 0 bridgehead atoms. The third-order valence-electron chi connectivity index (χ3n) is 4.47. The zero-order chi connectivity index (χ0) is 12.8. The van der Waals surface area contributed by atoms with Crippen LogP contribution in [0.2, 0.25) is 0 Å². The van der Waals surface area contributed by atoms with Crippen LogP contribution in [-0.2, 0) is 0 Å². The Morgan fingerprint density at radius 2 is 2.05 bits per heavy atom.